The van der Waals surface area contributed by atoms with E-state index in [4.69, 9.17) is 0 Å². The van der Waals surface area contributed by atoms with E-state index in [0.29, 0.717) is 6.04 Å². The summed E-state index contributed by atoms with van der Waals surface area (Å²) in [4.78, 5) is 2.52. The van der Waals surface area contributed by atoms with E-state index in [-0.39, 0.29) is 0 Å². The SMILES string of the molecule is CCC[C@H]1C(C[C@H](C)C(C)C)c2ccccc2N1C. The zero-order valence-corrected chi connectivity index (χ0v) is 13.2. The molecule has 0 N–H and O–H groups in total. The van der Waals surface area contributed by atoms with Crippen LogP contribution in [0, 0.1) is 11.8 Å². The molecule has 1 heterocycles. The van der Waals surface area contributed by atoms with Crippen molar-refractivity contribution >= 4 is 5.69 Å². The van der Waals surface area contributed by atoms with Gasteiger partial charge in [0.1, 0.15) is 0 Å². The third kappa shape index (κ3) is 2.80. The number of hydrogen-bond donors (Lipinski definition) is 0. The molecule has 0 amide bonds. The second-order valence-electron chi connectivity index (χ2n) is 6.59. The molecule has 0 aliphatic carbocycles. The van der Waals surface area contributed by atoms with E-state index in [1.54, 1.807) is 5.56 Å². The van der Waals surface area contributed by atoms with E-state index in [0.717, 1.165) is 17.8 Å². The maximum atomic E-state index is 2.52. The monoisotopic (exact) mass is 259 g/mol. The maximum absolute atomic E-state index is 2.52. The Morgan fingerprint density at radius 3 is 2.47 bits per heavy atom. The zero-order chi connectivity index (χ0) is 14.0. The molecule has 0 saturated heterocycles. The van der Waals surface area contributed by atoms with Gasteiger partial charge in [0.05, 0.1) is 0 Å². The number of likely N-dealkylation sites (N-methyl/N-ethyl adjacent to an activating group) is 1. The van der Waals surface area contributed by atoms with Crippen molar-refractivity contribution in [2.45, 2.75) is 58.9 Å². The molecule has 0 fully saturated rings. The third-order valence-electron chi connectivity index (χ3n) is 5.03. The molecule has 1 heteroatoms. The van der Waals surface area contributed by atoms with Gasteiger partial charge in [0.15, 0.2) is 0 Å². The molecule has 1 aromatic rings. The summed E-state index contributed by atoms with van der Waals surface area (Å²) in [6.07, 6.45) is 3.90. The van der Waals surface area contributed by atoms with Gasteiger partial charge in [-0.05, 0) is 36.3 Å². The summed E-state index contributed by atoms with van der Waals surface area (Å²) in [6, 6.07) is 9.71. The molecule has 3 atom stereocenters. The fourth-order valence-corrected chi connectivity index (χ4v) is 3.43. The number of nitrogens with zero attached hydrogens (tertiary/aromatic N) is 1. The summed E-state index contributed by atoms with van der Waals surface area (Å²) in [6.45, 7) is 9.42. The Hall–Kier alpha value is -0.980. The summed E-state index contributed by atoms with van der Waals surface area (Å²) in [5.41, 5.74) is 3.04. The normalized spacial score (nSPS) is 23.8. The van der Waals surface area contributed by atoms with Crippen molar-refractivity contribution in [1.82, 2.24) is 0 Å². The second-order valence-corrected chi connectivity index (χ2v) is 6.59. The van der Waals surface area contributed by atoms with Gasteiger partial charge >= 0.3 is 0 Å². The number of anilines is 1. The highest BCUT2D eigenvalue weighted by Crippen LogP contribution is 2.45. The molecule has 2 rings (SSSR count). The Bertz CT molecular complexity index is 410. The van der Waals surface area contributed by atoms with Gasteiger partial charge < -0.3 is 4.90 Å². The van der Waals surface area contributed by atoms with Crippen LogP contribution in [-0.4, -0.2) is 13.1 Å². The minimum absolute atomic E-state index is 0.698. The van der Waals surface area contributed by atoms with Gasteiger partial charge in [-0.25, -0.2) is 0 Å². The van der Waals surface area contributed by atoms with Gasteiger partial charge in [0, 0.05) is 24.7 Å². The fraction of sp³-hybridized carbons (Fsp3) is 0.667. The summed E-state index contributed by atoms with van der Waals surface area (Å²) in [5, 5.41) is 0. The van der Waals surface area contributed by atoms with Crippen LogP contribution in [0.5, 0.6) is 0 Å². The van der Waals surface area contributed by atoms with Crippen molar-refractivity contribution in [3.63, 3.8) is 0 Å². The molecule has 0 saturated carbocycles. The predicted molar refractivity (Wildman–Crippen MR) is 84.9 cm³/mol. The van der Waals surface area contributed by atoms with Gasteiger partial charge in [-0.1, -0.05) is 52.3 Å². The van der Waals surface area contributed by atoms with Crippen molar-refractivity contribution in [2.24, 2.45) is 11.8 Å². The van der Waals surface area contributed by atoms with Crippen LogP contribution in [0.2, 0.25) is 0 Å². The standard InChI is InChI=1S/C18H29N/c1-6-9-17-16(12-14(4)13(2)3)15-10-7-8-11-18(15)19(17)5/h7-8,10-11,13-14,16-17H,6,9,12H2,1-5H3/t14-,16?,17-/m0/s1. The first kappa shape index (κ1) is 14.4. The Morgan fingerprint density at radius 1 is 1.16 bits per heavy atom. The van der Waals surface area contributed by atoms with Gasteiger partial charge in [-0.15, -0.1) is 0 Å². The largest absolute Gasteiger partial charge is 0.371 e. The molecule has 0 spiro atoms. The third-order valence-corrected chi connectivity index (χ3v) is 5.03. The Balaban J connectivity index is 2.26. The Labute approximate surface area is 119 Å². The highest BCUT2D eigenvalue weighted by molar-refractivity contribution is 5.61. The summed E-state index contributed by atoms with van der Waals surface area (Å²) in [5.74, 6) is 2.29. The molecule has 19 heavy (non-hydrogen) atoms. The zero-order valence-electron chi connectivity index (χ0n) is 13.2. The highest BCUT2D eigenvalue weighted by Gasteiger charge is 2.36. The van der Waals surface area contributed by atoms with Crippen LogP contribution < -0.4 is 4.90 Å². The summed E-state index contributed by atoms with van der Waals surface area (Å²) in [7, 11) is 2.28. The van der Waals surface area contributed by atoms with Crippen LogP contribution in [0.15, 0.2) is 24.3 Å². The van der Waals surface area contributed by atoms with Gasteiger partial charge in [0.25, 0.3) is 0 Å². The van der Waals surface area contributed by atoms with Gasteiger partial charge in [-0.3, -0.25) is 0 Å². The quantitative estimate of drug-likeness (QED) is 0.713. The van der Waals surface area contributed by atoms with Crippen LogP contribution in [0.1, 0.15) is 58.4 Å². The summed E-state index contributed by atoms with van der Waals surface area (Å²) >= 11 is 0. The Kier molecular flexibility index (Phi) is 4.54. The molecular formula is C18H29N. The van der Waals surface area contributed by atoms with Gasteiger partial charge in [0.2, 0.25) is 0 Å². The smallest absolute Gasteiger partial charge is 0.0402 e. The number of rotatable bonds is 5. The lowest BCUT2D eigenvalue weighted by atomic mass is 9.81. The first-order valence-electron chi connectivity index (χ1n) is 7.88. The van der Waals surface area contributed by atoms with Crippen LogP contribution in [0.4, 0.5) is 5.69 Å². The van der Waals surface area contributed by atoms with Crippen molar-refractivity contribution in [3.8, 4) is 0 Å². The Morgan fingerprint density at radius 2 is 1.84 bits per heavy atom. The van der Waals surface area contributed by atoms with E-state index in [1.165, 1.54) is 24.9 Å². The fourth-order valence-electron chi connectivity index (χ4n) is 3.43. The second kappa shape index (κ2) is 5.98. The first-order chi connectivity index (χ1) is 9.06. The summed E-state index contributed by atoms with van der Waals surface area (Å²) < 4.78 is 0. The average Bonchev–Trinajstić information content (AvgIpc) is 2.65. The van der Waals surface area contributed by atoms with E-state index in [2.05, 4.69) is 63.9 Å². The maximum Gasteiger partial charge on any atom is 0.0402 e. The van der Waals surface area contributed by atoms with Crippen LogP contribution >= 0.6 is 0 Å². The molecular weight excluding hydrogens is 230 g/mol. The molecule has 106 valence electrons. The molecule has 1 aliphatic rings. The van der Waals surface area contributed by atoms with E-state index in [9.17, 15) is 0 Å². The predicted octanol–water partition coefficient (Wildman–Crippen LogP) is 5.07. The van der Waals surface area contributed by atoms with Crippen molar-refractivity contribution in [3.05, 3.63) is 29.8 Å². The minimum Gasteiger partial charge on any atom is -0.371 e. The number of hydrogen-bond acceptors (Lipinski definition) is 1. The lowest BCUT2D eigenvalue weighted by molar-refractivity contribution is 0.337. The van der Waals surface area contributed by atoms with Gasteiger partial charge in [-0.2, -0.15) is 0 Å². The first-order valence-corrected chi connectivity index (χ1v) is 7.88. The molecule has 1 unspecified atom stereocenters. The lowest BCUT2D eigenvalue weighted by Gasteiger charge is -2.29. The topological polar surface area (TPSA) is 3.24 Å². The molecule has 1 aliphatic heterocycles. The number of fused-ring (bicyclic) bond motifs is 1. The van der Waals surface area contributed by atoms with Crippen molar-refractivity contribution in [2.75, 3.05) is 11.9 Å². The average molecular weight is 259 g/mol. The molecule has 1 nitrogen and oxygen atoms in total. The molecule has 0 aromatic heterocycles. The van der Waals surface area contributed by atoms with Crippen LogP contribution in [-0.2, 0) is 0 Å². The number of para-hydroxylation sites is 1. The molecule has 0 radical (unpaired) electrons. The van der Waals surface area contributed by atoms with E-state index < -0.39 is 0 Å². The van der Waals surface area contributed by atoms with Crippen molar-refractivity contribution < 1.29 is 0 Å². The molecule has 0 bridgehead atoms. The number of benzene rings is 1. The van der Waals surface area contributed by atoms with Crippen LogP contribution in [0.25, 0.3) is 0 Å². The minimum atomic E-state index is 0.698. The van der Waals surface area contributed by atoms with Crippen molar-refractivity contribution in [1.29, 1.82) is 0 Å². The molecule has 1 aromatic carbocycles. The van der Waals surface area contributed by atoms with E-state index in [1.807, 2.05) is 0 Å². The highest BCUT2D eigenvalue weighted by atomic mass is 15.2. The lowest BCUT2D eigenvalue weighted by Crippen LogP contribution is -2.31. The van der Waals surface area contributed by atoms with Crippen LogP contribution in [0.3, 0.4) is 0 Å². The van der Waals surface area contributed by atoms with E-state index >= 15 is 0 Å².